The molecule has 0 fully saturated rings. The zero-order valence-corrected chi connectivity index (χ0v) is 14.9. The van der Waals surface area contributed by atoms with Gasteiger partial charge in [-0.05, 0) is 30.5 Å². The minimum absolute atomic E-state index is 0.131. The monoisotopic (exact) mass is 364 g/mol. The maximum absolute atomic E-state index is 12.3. The van der Waals surface area contributed by atoms with Gasteiger partial charge in [-0.25, -0.2) is 0 Å². The lowest BCUT2D eigenvalue weighted by molar-refractivity contribution is -0.115. The number of aromatic nitrogens is 1. The fourth-order valence-corrected chi connectivity index (χ4v) is 3.28. The molecule has 1 amide bonds. The second kappa shape index (κ2) is 7.09. The van der Waals surface area contributed by atoms with E-state index in [0.29, 0.717) is 17.2 Å². The number of carbonyl (C=O) groups is 1. The van der Waals surface area contributed by atoms with Crippen molar-refractivity contribution in [1.29, 1.82) is 0 Å². The third-order valence-electron chi connectivity index (χ3n) is 3.95. The maximum Gasteiger partial charge on any atom is 0.230 e. The molecule has 0 saturated carbocycles. The second-order valence-corrected chi connectivity index (χ2v) is 6.60. The Morgan fingerprint density at radius 2 is 1.88 bits per heavy atom. The molecule has 0 spiro atoms. The van der Waals surface area contributed by atoms with E-state index in [-0.39, 0.29) is 12.3 Å². The summed E-state index contributed by atoms with van der Waals surface area (Å²) in [4.78, 5) is 13.3. The Labute approximate surface area is 154 Å². The molecule has 2 aromatic carbocycles. The van der Waals surface area contributed by atoms with E-state index in [1.165, 1.54) is 0 Å². The van der Waals surface area contributed by atoms with E-state index in [4.69, 9.17) is 8.94 Å². The van der Waals surface area contributed by atoms with Crippen LogP contribution in [-0.2, 0) is 11.2 Å². The van der Waals surface area contributed by atoms with Gasteiger partial charge in [-0.1, -0.05) is 35.5 Å². The number of furan rings is 1. The molecule has 130 valence electrons. The fourth-order valence-electron chi connectivity index (χ4n) is 2.72. The summed E-state index contributed by atoms with van der Waals surface area (Å²) in [7, 11) is 0. The molecule has 2 heterocycles. The summed E-state index contributed by atoms with van der Waals surface area (Å²) in [6.07, 6.45) is 2.11. The lowest BCUT2D eigenvalue weighted by atomic mass is 10.2. The summed E-state index contributed by atoms with van der Waals surface area (Å²) in [5.41, 5.74) is 2.14. The highest BCUT2D eigenvalue weighted by Gasteiger charge is 2.15. The molecule has 4 rings (SSSR count). The van der Waals surface area contributed by atoms with Gasteiger partial charge in [0.1, 0.15) is 5.58 Å². The van der Waals surface area contributed by atoms with Crippen LogP contribution in [0.4, 0.5) is 5.69 Å². The average Bonchev–Trinajstić information content (AvgIpc) is 3.28. The van der Waals surface area contributed by atoms with Crippen LogP contribution in [0.15, 0.2) is 74.5 Å². The van der Waals surface area contributed by atoms with Crippen LogP contribution >= 0.6 is 11.8 Å². The van der Waals surface area contributed by atoms with Crippen molar-refractivity contribution < 1.29 is 13.7 Å². The fraction of sp³-hybridized carbons (Fsp3) is 0.100. The molecular formula is C20H16N2O3S. The summed E-state index contributed by atoms with van der Waals surface area (Å²) >= 11 is 1.59. The summed E-state index contributed by atoms with van der Waals surface area (Å²) in [5, 5.41) is 7.89. The molecular weight excluding hydrogens is 348 g/mol. The van der Waals surface area contributed by atoms with E-state index in [1.807, 2.05) is 60.9 Å². The molecule has 2 aromatic heterocycles. The van der Waals surface area contributed by atoms with Gasteiger partial charge in [0.25, 0.3) is 0 Å². The molecule has 0 radical (unpaired) electrons. The lowest BCUT2D eigenvalue weighted by Crippen LogP contribution is -2.15. The van der Waals surface area contributed by atoms with Crippen molar-refractivity contribution in [2.24, 2.45) is 0 Å². The van der Waals surface area contributed by atoms with Crippen molar-refractivity contribution in [2.75, 3.05) is 11.6 Å². The Bertz CT molecular complexity index is 1030. The Morgan fingerprint density at radius 3 is 2.73 bits per heavy atom. The third-order valence-corrected chi connectivity index (χ3v) is 4.75. The van der Waals surface area contributed by atoms with Gasteiger partial charge in [0.2, 0.25) is 11.7 Å². The summed E-state index contributed by atoms with van der Waals surface area (Å²) in [5.74, 6) is 0.961. The van der Waals surface area contributed by atoms with Gasteiger partial charge < -0.3 is 14.3 Å². The first-order valence-electron chi connectivity index (χ1n) is 8.10. The van der Waals surface area contributed by atoms with E-state index in [0.717, 1.165) is 21.6 Å². The molecule has 0 atom stereocenters. The Hall–Kier alpha value is -2.99. The maximum atomic E-state index is 12.3. The number of nitrogens with zero attached hydrogens (tertiary/aromatic N) is 1. The minimum atomic E-state index is -0.143. The summed E-state index contributed by atoms with van der Waals surface area (Å²) < 4.78 is 11.1. The normalized spacial score (nSPS) is 11.0. The number of anilines is 1. The van der Waals surface area contributed by atoms with E-state index in [9.17, 15) is 4.79 Å². The molecule has 0 aliphatic carbocycles. The van der Waals surface area contributed by atoms with Crippen LogP contribution in [0.5, 0.6) is 0 Å². The van der Waals surface area contributed by atoms with E-state index in [2.05, 4.69) is 10.5 Å². The van der Waals surface area contributed by atoms with Crippen molar-refractivity contribution in [3.63, 3.8) is 0 Å². The first-order chi connectivity index (χ1) is 12.7. The van der Waals surface area contributed by atoms with Crippen LogP contribution < -0.4 is 5.32 Å². The number of amides is 1. The van der Waals surface area contributed by atoms with Gasteiger partial charge in [0.05, 0.1) is 17.8 Å². The molecule has 26 heavy (non-hydrogen) atoms. The van der Waals surface area contributed by atoms with Crippen LogP contribution in [0.25, 0.3) is 22.5 Å². The van der Waals surface area contributed by atoms with Crippen LogP contribution in [0.3, 0.4) is 0 Å². The van der Waals surface area contributed by atoms with Crippen molar-refractivity contribution in [2.45, 2.75) is 11.3 Å². The predicted octanol–water partition coefficient (Wildman–Crippen LogP) is 4.99. The molecule has 0 bridgehead atoms. The number of fused-ring (bicyclic) bond motifs is 1. The van der Waals surface area contributed by atoms with Crippen molar-refractivity contribution in [1.82, 2.24) is 5.16 Å². The Balaban J connectivity index is 1.48. The van der Waals surface area contributed by atoms with Crippen LogP contribution in [0, 0.1) is 0 Å². The van der Waals surface area contributed by atoms with Crippen molar-refractivity contribution in [3.05, 3.63) is 66.4 Å². The van der Waals surface area contributed by atoms with Gasteiger partial charge in [-0.15, -0.1) is 11.8 Å². The van der Waals surface area contributed by atoms with Crippen molar-refractivity contribution in [3.8, 4) is 11.5 Å². The highest BCUT2D eigenvalue weighted by Crippen LogP contribution is 2.28. The molecule has 6 heteroatoms. The first-order valence-corrected chi connectivity index (χ1v) is 9.33. The van der Waals surface area contributed by atoms with Crippen LogP contribution in [0.2, 0.25) is 0 Å². The first kappa shape index (κ1) is 16.5. The number of hydrogen-bond acceptors (Lipinski definition) is 5. The smallest absolute Gasteiger partial charge is 0.230 e. The zero-order valence-electron chi connectivity index (χ0n) is 14.1. The van der Waals surface area contributed by atoms with Gasteiger partial charge in [-0.3, -0.25) is 4.79 Å². The molecule has 1 N–H and O–H groups in total. The largest absolute Gasteiger partial charge is 0.453 e. The quantitative estimate of drug-likeness (QED) is 0.505. The topological polar surface area (TPSA) is 68.3 Å². The molecule has 0 saturated heterocycles. The highest BCUT2D eigenvalue weighted by molar-refractivity contribution is 7.98. The molecule has 0 unspecified atom stereocenters. The van der Waals surface area contributed by atoms with Gasteiger partial charge in [-0.2, -0.15) is 0 Å². The standard InChI is InChI=1S/C20H16N2O3S/c1-26-19-9-5-3-7-15(19)21-20(23)12-14-11-18(25-22-14)17-10-13-6-2-4-8-16(13)24-17/h2-11H,12H2,1H3,(H,21,23). The predicted molar refractivity (Wildman–Crippen MR) is 102 cm³/mol. The van der Waals surface area contributed by atoms with E-state index < -0.39 is 0 Å². The Kier molecular flexibility index (Phi) is 4.50. The second-order valence-electron chi connectivity index (χ2n) is 5.76. The highest BCUT2D eigenvalue weighted by atomic mass is 32.2. The molecule has 0 aliphatic rings. The SMILES string of the molecule is CSc1ccccc1NC(=O)Cc1cc(-c2cc3ccccc3o2)on1. The van der Waals surface area contributed by atoms with E-state index >= 15 is 0 Å². The van der Waals surface area contributed by atoms with Crippen molar-refractivity contribution >= 4 is 34.3 Å². The number of thioether (sulfide) groups is 1. The lowest BCUT2D eigenvalue weighted by Gasteiger charge is -2.08. The van der Waals surface area contributed by atoms with E-state index in [1.54, 1.807) is 17.8 Å². The summed E-state index contributed by atoms with van der Waals surface area (Å²) in [6.45, 7) is 0. The Morgan fingerprint density at radius 1 is 1.08 bits per heavy atom. The number of carbonyl (C=O) groups excluding carboxylic acids is 1. The average molecular weight is 364 g/mol. The molecule has 4 aromatic rings. The van der Waals surface area contributed by atoms with Crippen LogP contribution in [-0.4, -0.2) is 17.3 Å². The van der Waals surface area contributed by atoms with Crippen LogP contribution in [0.1, 0.15) is 5.69 Å². The number of rotatable bonds is 5. The molecule has 0 aliphatic heterocycles. The number of para-hydroxylation sites is 2. The zero-order chi connectivity index (χ0) is 17.9. The summed E-state index contributed by atoms with van der Waals surface area (Å²) in [6, 6.07) is 19.0. The van der Waals surface area contributed by atoms with Gasteiger partial charge in [0.15, 0.2) is 5.76 Å². The number of benzene rings is 2. The third kappa shape index (κ3) is 3.36. The van der Waals surface area contributed by atoms with Gasteiger partial charge in [0, 0.05) is 16.3 Å². The number of nitrogens with one attached hydrogen (secondary N) is 1. The minimum Gasteiger partial charge on any atom is -0.453 e. The number of hydrogen-bond donors (Lipinski definition) is 1. The van der Waals surface area contributed by atoms with Gasteiger partial charge >= 0.3 is 0 Å². The molecule has 5 nitrogen and oxygen atoms in total.